The van der Waals surface area contributed by atoms with Crippen LogP contribution in [0.5, 0.6) is 0 Å². The lowest BCUT2D eigenvalue weighted by Crippen LogP contribution is -2.36. The first-order valence-corrected chi connectivity index (χ1v) is 6.69. The Hall–Kier alpha value is -1.35. The molecule has 3 heteroatoms. The lowest BCUT2D eigenvalue weighted by molar-refractivity contribution is -0.120. The van der Waals surface area contributed by atoms with Gasteiger partial charge in [0.25, 0.3) is 0 Å². The normalized spacial score (nSPS) is 10.7. The van der Waals surface area contributed by atoms with Crippen LogP contribution in [0, 0.1) is 0 Å². The smallest absolute Gasteiger partial charge is 0.234 e. The fourth-order valence-corrected chi connectivity index (χ4v) is 1.67. The number of benzene rings is 1. The second-order valence-corrected chi connectivity index (χ2v) is 4.88. The molecule has 18 heavy (non-hydrogen) atoms. The second-order valence-electron chi connectivity index (χ2n) is 4.88. The zero-order valence-electron chi connectivity index (χ0n) is 11.6. The van der Waals surface area contributed by atoms with E-state index >= 15 is 0 Å². The van der Waals surface area contributed by atoms with E-state index in [2.05, 4.69) is 41.8 Å². The average molecular weight is 248 g/mol. The molecule has 3 nitrogen and oxygen atoms in total. The molecule has 100 valence electrons. The van der Waals surface area contributed by atoms with E-state index in [1.54, 1.807) is 0 Å². The molecule has 0 radical (unpaired) electrons. The topological polar surface area (TPSA) is 41.1 Å². The minimum Gasteiger partial charge on any atom is -0.351 e. The van der Waals surface area contributed by atoms with Crippen molar-refractivity contribution >= 4 is 5.91 Å². The zero-order valence-corrected chi connectivity index (χ0v) is 11.6. The summed E-state index contributed by atoms with van der Waals surface area (Å²) in [5.74, 6) is 0.0429. The average Bonchev–Trinajstić information content (AvgIpc) is 2.36. The van der Waals surface area contributed by atoms with Crippen molar-refractivity contribution in [2.45, 2.75) is 46.2 Å². The number of rotatable bonds is 7. The third-order valence-electron chi connectivity index (χ3n) is 2.72. The van der Waals surface area contributed by atoms with Gasteiger partial charge in [0, 0.05) is 12.6 Å². The molecule has 0 saturated heterocycles. The fourth-order valence-electron chi connectivity index (χ4n) is 1.67. The summed E-state index contributed by atoms with van der Waals surface area (Å²) >= 11 is 0. The van der Waals surface area contributed by atoms with Crippen LogP contribution in [0.1, 0.15) is 38.3 Å². The fraction of sp³-hybridized carbons (Fsp3) is 0.533. The van der Waals surface area contributed by atoms with Gasteiger partial charge in [-0.2, -0.15) is 0 Å². The van der Waals surface area contributed by atoms with Gasteiger partial charge in [-0.25, -0.2) is 0 Å². The van der Waals surface area contributed by atoms with E-state index in [9.17, 15) is 4.79 Å². The molecular formula is C15H24N2O. The number of hydrogen-bond acceptors (Lipinski definition) is 2. The molecule has 0 fully saturated rings. The molecule has 0 heterocycles. The quantitative estimate of drug-likeness (QED) is 0.777. The Bertz CT molecular complexity index is 357. The summed E-state index contributed by atoms with van der Waals surface area (Å²) in [6, 6.07) is 8.78. The van der Waals surface area contributed by atoms with Crippen molar-refractivity contribution in [1.29, 1.82) is 0 Å². The maximum absolute atomic E-state index is 11.5. The first-order valence-electron chi connectivity index (χ1n) is 6.69. The van der Waals surface area contributed by atoms with Crippen LogP contribution in [-0.2, 0) is 17.8 Å². The molecule has 0 bridgehead atoms. The third kappa shape index (κ3) is 5.82. The Morgan fingerprint density at radius 2 is 1.78 bits per heavy atom. The molecule has 1 aromatic carbocycles. The molecule has 1 rings (SSSR count). The summed E-state index contributed by atoms with van der Waals surface area (Å²) in [5, 5.41) is 6.00. The van der Waals surface area contributed by atoms with Crippen LogP contribution in [0.2, 0.25) is 0 Å². The Morgan fingerprint density at radius 3 is 2.33 bits per heavy atom. The van der Waals surface area contributed by atoms with Gasteiger partial charge in [0.1, 0.15) is 0 Å². The molecule has 0 aromatic heterocycles. The van der Waals surface area contributed by atoms with Crippen molar-refractivity contribution in [2.24, 2.45) is 0 Å². The SMILES string of the molecule is CCCc1ccc(CNC(=O)CNC(C)C)cc1. The van der Waals surface area contributed by atoms with Crippen molar-refractivity contribution in [3.05, 3.63) is 35.4 Å². The predicted molar refractivity (Wildman–Crippen MR) is 75.4 cm³/mol. The van der Waals surface area contributed by atoms with Gasteiger partial charge in [-0.15, -0.1) is 0 Å². The van der Waals surface area contributed by atoms with Crippen LogP contribution < -0.4 is 10.6 Å². The highest BCUT2D eigenvalue weighted by Gasteiger charge is 2.02. The summed E-state index contributed by atoms with van der Waals surface area (Å²) in [4.78, 5) is 11.5. The number of carbonyl (C=O) groups is 1. The number of nitrogens with one attached hydrogen (secondary N) is 2. The Kier molecular flexibility index (Phi) is 6.44. The van der Waals surface area contributed by atoms with Crippen LogP contribution in [-0.4, -0.2) is 18.5 Å². The Labute approximate surface area is 110 Å². The molecular weight excluding hydrogens is 224 g/mol. The maximum atomic E-state index is 11.5. The van der Waals surface area contributed by atoms with Gasteiger partial charge in [0.15, 0.2) is 0 Å². The number of hydrogen-bond donors (Lipinski definition) is 2. The van der Waals surface area contributed by atoms with E-state index in [0.717, 1.165) is 18.4 Å². The molecule has 0 spiro atoms. The largest absolute Gasteiger partial charge is 0.351 e. The lowest BCUT2D eigenvalue weighted by Gasteiger charge is -2.09. The van der Waals surface area contributed by atoms with E-state index in [1.807, 2.05) is 13.8 Å². The Balaban J connectivity index is 2.32. The summed E-state index contributed by atoms with van der Waals surface area (Å²) in [6.07, 6.45) is 2.28. The van der Waals surface area contributed by atoms with Crippen molar-refractivity contribution < 1.29 is 4.79 Å². The highest BCUT2D eigenvalue weighted by Crippen LogP contribution is 2.06. The van der Waals surface area contributed by atoms with Gasteiger partial charge in [0.05, 0.1) is 6.54 Å². The molecule has 0 atom stereocenters. The van der Waals surface area contributed by atoms with E-state index in [-0.39, 0.29) is 5.91 Å². The van der Waals surface area contributed by atoms with Crippen LogP contribution in [0.25, 0.3) is 0 Å². The van der Waals surface area contributed by atoms with Crippen molar-refractivity contribution in [3.8, 4) is 0 Å². The summed E-state index contributed by atoms with van der Waals surface area (Å²) in [5.41, 5.74) is 2.50. The number of amides is 1. The molecule has 0 aliphatic rings. The minimum atomic E-state index is 0.0429. The molecule has 0 aliphatic heterocycles. The van der Waals surface area contributed by atoms with Gasteiger partial charge in [-0.05, 0) is 17.5 Å². The third-order valence-corrected chi connectivity index (χ3v) is 2.72. The second kappa shape index (κ2) is 7.88. The minimum absolute atomic E-state index is 0.0429. The molecule has 0 saturated carbocycles. The van der Waals surface area contributed by atoms with Gasteiger partial charge < -0.3 is 10.6 Å². The summed E-state index contributed by atoms with van der Waals surface area (Å²) in [7, 11) is 0. The predicted octanol–water partition coefficient (Wildman–Crippen LogP) is 2.25. The lowest BCUT2D eigenvalue weighted by atomic mass is 10.1. The molecule has 1 aromatic rings. The van der Waals surface area contributed by atoms with E-state index in [1.165, 1.54) is 5.56 Å². The van der Waals surface area contributed by atoms with E-state index < -0.39 is 0 Å². The van der Waals surface area contributed by atoms with Crippen LogP contribution in [0.3, 0.4) is 0 Å². The summed E-state index contributed by atoms with van der Waals surface area (Å²) < 4.78 is 0. The molecule has 0 unspecified atom stereocenters. The van der Waals surface area contributed by atoms with E-state index in [4.69, 9.17) is 0 Å². The number of carbonyl (C=O) groups excluding carboxylic acids is 1. The van der Waals surface area contributed by atoms with Crippen molar-refractivity contribution in [2.75, 3.05) is 6.54 Å². The number of aryl methyl sites for hydroxylation is 1. The van der Waals surface area contributed by atoms with E-state index in [0.29, 0.717) is 19.1 Å². The van der Waals surface area contributed by atoms with Crippen LogP contribution >= 0.6 is 0 Å². The monoisotopic (exact) mass is 248 g/mol. The maximum Gasteiger partial charge on any atom is 0.234 e. The Morgan fingerprint density at radius 1 is 1.17 bits per heavy atom. The highest BCUT2D eigenvalue weighted by atomic mass is 16.1. The van der Waals surface area contributed by atoms with Crippen molar-refractivity contribution in [3.63, 3.8) is 0 Å². The van der Waals surface area contributed by atoms with Gasteiger partial charge >= 0.3 is 0 Å². The van der Waals surface area contributed by atoms with Crippen LogP contribution in [0.4, 0.5) is 0 Å². The zero-order chi connectivity index (χ0) is 13.4. The van der Waals surface area contributed by atoms with Gasteiger partial charge in [0.2, 0.25) is 5.91 Å². The van der Waals surface area contributed by atoms with Crippen molar-refractivity contribution in [1.82, 2.24) is 10.6 Å². The molecule has 1 amide bonds. The molecule has 0 aliphatic carbocycles. The molecule has 2 N–H and O–H groups in total. The highest BCUT2D eigenvalue weighted by molar-refractivity contribution is 5.77. The standard InChI is InChI=1S/C15H24N2O/c1-4-5-13-6-8-14(9-7-13)10-17-15(18)11-16-12(2)3/h6-9,12,16H,4-5,10-11H2,1-3H3,(H,17,18). The van der Waals surface area contributed by atoms with Gasteiger partial charge in [-0.3, -0.25) is 4.79 Å². The van der Waals surface area contributed by atoms with Gasteiger partial charge in [-0.1, -0.05) is 51.5 Å². The first kappa shape index (κ1) is 14.7. The van der Waals surface area contributed by atoms with Crippen LogP contribution in [0.15, 0.2) is 24.3 Å². The summed E-state index contributed by atoms with van der Waals surface area (Å²) in [6.45, 7) is 7.21. The first-order chi connectivity index (χ1) is 8.61.